The summed E-state index contributed by atoms with van der Waals surface area (Å²) >= 11 is 0. The van der Waals surface area contributed by atoms with Crippen molar-refractivity contribution in [1.82, 2.24) is 10.6 Å². The lowest BCUT2D eigenvalue weighted by Gasteiger charge is -2.24. The molecule has 1 atom stereocenters. The van der Waals surface area contributed by atoms with Crippen LogP contribution in [0.5, 0.6) is 0 Å². The van der Waals surface area contributed by atoms with Gasteiger partial charge in [-0.3, -0.25) is 10.1 Å². The molecule has 2 rings (SSSR count). The minimum atomic E-state index is -4.44. The Morgan fingerprint density at radius 1 is 1.26 bits per heavy atom. The van der Waals surface area contributed by atoms with E-state index in [-0.39, 0.29) is 12.2 Å². The number of nitrogens with one attached hydrogen (secondary N) is 3. The van der Waals surface area contributed by atoms with Crippen molar-refractivity contribution in [3.8, 4) is 0 Å². The van der Waals surface area contributed by atoms with Crippen LogP contribution in [0.1, 0.15) is 5.56 Å². The molecule has 0 saturated carbocycles. The van der Waals surface area contributed by atoms with Crippen LogP contribution >= 0.6 is 0 Å². The molecule has 0 aromatic heterocycles. The summed E-state index contributed by atoms with van der Waals surface area (Å²) in [7, 11) is 0. The van der Waals surface area contributed by atoms with E-state index in [0.717, 1.165) is 12.1 Å². The third-order valence-electron chi connectivity index (χ3n) is 2.55. The van der Waals surface area contributed by atoms with Gasteiger partial charge in [-0.25, -0.2) is 4.79 Å². The molecule has 102 valence electrons. The quantitative estimate of drug-likeness (QED) is 0.761. The Kier molecular flexibility index (Phi) is 3.32. The van der Waals surface area contributed by atoms with Gasteiger partial charge in [0, 0.05) is 12.2 Å². The number of halogens is 3. The van der Waals surface area contributed by atoms with Crippen molar-refractivity contribution in [1.29, 1.82) is 0 Å². The van der Waals surface area contributed by atoms with Crippen molar-refractivity contribution in [3.05, 3.63) is 29.8 Å². The number of rotatable bonds is 2. The number of amides is 3. The highest BCUT2D eigenvalue weighted by Crippen LogP contribution is 2.30. The highest BCUT2D eigenvalue weighted by atomic mass is 19.4. The normalized spacial score (nSPS) is 19.6. The zero-order valence-corrected chi connectivity index (χ0v) is 9.54. The summed E-state index contributed by atoms with van der Waals surface area (Å²) in [6.45, 7) is 0.0148. The first-order chi connectivity index (χ1) is 8.86. The summed E-state index contributed by atoms with van der Waals surface area (Å²) in [6, 6.07) is 3.08. The van der Waals surface area contributed by atoms with E-state index >= 15 is 0 Å². The molecule has 8 heteroatoms. The van der Waals surface area contributed by atoms with Crippen LogP contribution in [0.25, 0.3) is 0 Å². The van der Waals surface area contributed by atoms with Gasteiger partial charge in [0.1, 0.15) is 6.04 Å². The minimum absolute atomic E-state index is 0.0148. The maximum absolute atomic E-state index is 12.5. The number of urea groups is 1. The molecule has 1 aromatic rings. The Labute approximate surface area is 106 Å². The van der Waals surface area contributed by atoms with E-state index in [9.17, 15) is 22.8 Å². The molecular formula is C11H10F3N3O2. The van der Waals surface area contributed by atoms with Crippen LogP contribution in [-0.2, 0) is 11.0 Å². The zero-order valence-electron chi connectivity index (χ0n) is 9.54. The van der Waals surface area contributed by atoms with Crippen molar-refractivity contribution in [2.45, 2.75) is 12.2 Å². The smallest absolute Gasteiger partial charge is 0.372 e. The summed E-state index contributed by atoms with van der Waals surface area (Å²) in [5, 5.41) is 7.03. The van der Waals surface area contributed by atoms with Crippen LogP contribution in [0.2, 0.25) is 0 Å². The van der Waals surface area contributed by atoms with Gasteiger partial charge >= 0.3 is 12.2 Å². The number of anilines is 1. The van der Waals surface area contributed by atoms with Gasteiger partial charge in [0.25, 0.3) is 5.91 Å². The number of alkyl halides is 3. The largest absolute Gasteiger partial charge is 0.416 e. The van der Waals surface area contributed by atoms with E-state index in [1.54, 1.807) is 0 Å². The second-order valence-electron chi connectivity index (χ2n) is 3.97. The monoisotopic (exact) mass is 273 g/mol. The summed E-state index contributed by atoms with van der Waals surface area (Å²) in [5.74, 6) is -0.582. The molecule has 3 N–H and O–H groups in total. The molecule has 1 heterocycles. The fourth-order valence-electron chi connectivity index (χ4n) is 1.63. The van der Waals surface area contributed by atoms with Crippen molar-refractivity contribution in [2.75, 3.05) is 11.9 Å². The predicted octanol–water partition coefficient (Wildman–Crippen LogP) is 1.33. The first-order valence-electron chi connectivity index (χ1n) is 5.39. The average Bonchev–Trinajstić information content (AvgIpc) is 2.32. The molecule has 1 fully saturated rings. The highest BCUT2D eigenvalue weighted by molar-refractivity contribution is 6.00. The number of hydrogen-bond acceptors (Lipinski definition) is 3. The molecule has 0 bridgehead atoms. The molecule has 1 aliphatic rings. The van der Waals surface area contributed by atoms with Crippen LogP contribution < -0.4 is 16.0 Å². The third kappa shape index (κ3) is 3.15. The molecule has 19 heavy (non-hydrogen) atoms. The lowest BCUT2D eigenvalue weighted by Crippen LogP contribution is -2.57. The Balaban J connectivity index is 2.11. The second kappa shape index (κ2) is 4.79. The van der Waals surface area contributed by atoms with E-state index in [1.165, 1.54) is 12.1 Å². The number of imide groups is 1. The Bertz CT molecular complexity index is 516. The lowest BCUT2D eigenvalue weighted by atomic mass is 10.1. The van der Waals surface area contributed by atoms with Gasteiger partial charge in [-0.05, 0) is 18.2 Å². The molecule has 0 spiro atoms. The van der Waals surface area contributed by atoms with Crippen molar-refractivity contribution in [3.63, 3.8) is 0 Å². The van der Waals surface area contributed by atoms with Gasteiger partial charge in [0.2, 0.25) is 0 Å². The maximum atomic E-state index is 12.5. The van der Waals surface area contributed by atoms with Crippen LogP contribution in [0.15, 0.2) is 24.3 Å². The van der Waals surface area contributed by atoms with Crippen LogP contribution in [-0.4, -0.2) is 24.5 Å². The average molecular weight is 273 g/mol. The number of benzene rings is 1. The Hall–Kier alpha value is -2.25. The van der Waals surface area contributed by atoms with Gasteiger partial charge < -0.3 is 10.6 Å². The first kappa shape index (κ1) is 13.2. The number of hydrogen-bond donors (Lipinski definition) is 3. The summed E-state index contributed by atoms with van der Waals surface area (Å²) in [6.07, 6.45) is -4.44. The highest BCUT2D eigenvalue weighted by Gasteiger charge is 2.31. The Morgan fingerprint density at radius 3 is 2.63 bits per heavy atom. The van der Waals surface area contributed by atoms with Crippen LogP contribution in [0.3, 0.4) is 0 Å². The van der Waals surface area contributed by atoms with Crippen molar-refractivity contribution < 1.29 is 22.8 Å². The number of carbonyl (C=O) groups is 2. The summed E-state index contributed by atoms with van der Waals surface area (Å²) in [4.78, 5) is 22.3. The summed E-state index contributed by atoms with van der Waals surface area (Å²) in [5.41, 5.74) is -0.649. The third-order valence-corrected chi connectivity index (χ3v) is 2.55. The molecule has 1 unspecified atom stereocenters. The van der Waals surface area contributed by atoms with Gasteiger partial charge in [-0.1, -0.05) is 6.07 Å². The van der Waals surface area contributed by atoms with E-state index in [4.69, 9.17) is 0 Å². The van der Waals surface area contributed by atoms with Gasteiger partial charge in [-0.15, -0.1) is 0 Å². The minimum Gasteiger partial charge on any atom is -0.372 e. The van der Waals surface area contributed by atoms with E-state index in [0.29, 0.717) is 0 Å². The van der Waals surface area contributed by atoms with Gasteiger partial charge in [0.05, 0.1) is 5.56 Å². The van der Waals surface area contributed by atoms with E-state index in [1.807, 2.05) is 5.32 Å². The summed E-state index contributed by atoms with van der Waals surface area (Å²) < 4.78 is 37.5. The Morgan fingerprint density at radius 2 is 2.00 bits per heavy atom. The molecule has 5 nitrogen and oxygen atoms in total. The fraction of sp³-hybridized carbons (Fsp3) is 0.273. The molecule has 0 radical (unpaired) electrons. The maximum Gasteiger partial charge on any atom is 0.416 e. The fourth-order valence-corrected chi connectivity index (χ4v) is 1.63. The molecule has 1 aliphatic heterocycles. The first-order valence-corrected chi connectivity index (χ1v) is 5.39. The molecule has 3 amide bonds. The van der Waals surface area contributed by atoms with Gasteiger partial charge in [0.15, 0.2) is 0 Å². The topological polar surface area (TPSA) is 70.2 Å². The SMILES string of the molecule is O=C1NCC(Nc2cccc(C(F)(F)F)c2)C(=O)N1. The second-order valence-corrected chi connectivity index (χ2v) is 3.97. The van der Waals surface area contributed by atoms with Crippen molar-refractivity contribution in [2.24, 2.45) is 0 Å². The predicted molar refractivity (Wildman–Crippen MR) is 60.4 cm³/mol. The molecule has 1 aromatic carbocycles. The molecular weight excluding hydrogens is 263 g/mol. The standard InChI is InChI=1S/C11H10F3N3O2/c12-11(13,14)6-2-1-3-7(4-6)16-8-5-15-10(19)17-9(8)18/h1-4,8,16H,5H2,(H2,15,17,18,19). The van der Waals surface area contributed by atoms with E-state index in [2.05, 4.69) is 10.6 Å². The van der Waals surface area contributed by atoms with Crippen LogP contribution in [0.4, 0.5) is 23.7 Å². The molecule has 0 aliphatic carbocycles. The van der Waals surface area contributed by atoms with Crippen molar-refractivity contribution >= 4 is 17.6 Å². The number of carbonyl (C=O) groups excluding carboxylic acids is 2. The van der Waals surface area contributed by atoms with Crippen LogP contribution in [0, 0.1) is 0 Å². The zero-order chi connectivity index (χ0) is 14.0. The van der Waals surface area contributed by atoms with Gasteiger partial charge in [-0.2, -0.15) is 13.2 Å². The molecule has 1 saturated heterocycles. The lowest BCUT2D eigenvalue weighted by molar-refractivity contribution is -0.137. The van der Waals surface area contributed by atoms with E-state index < -0.39 is 29.7 Å².